The summed E-state index contributed by atoms with van der Waals surface area (Å²) in [5.74, 6) is -2.73. The quantitative estimate of drug-likeness (QED) is 0.657. The van der Waals surface area contributed by atoms with Crippen molar-refractivity contribution in [2.45, 2.75) is 33.1 Å². The van der Waals surface area contributed by atoms with Gasteiger partial charge in [0.15, 0.2) is 0 Å². The van der Waals surface area contributed by atoms with E-state index in [1.165, 1.54) is 6.07 Å². The van der Waals surface area contributed by atoms with Gasteiger partial charge in [-0.3, -0.25) is 0 Å². The molecule has 0 saturated heterocycles. The maximum atomic E-state index is 12.9. The number of benzene rings is 1. The first-order valence-electron chi connectivity index (χ1n) is 4.43. The monoisotopic (exact) mass is 184 g/mol. The Hall–Kier alpha value is -0.920. The molecule has 72 valence electrons. The summed E-state index contributed by atoms with van der Waals surface area (Å²) in [7, 11) is 0. The van der Waals surface area contributed by atoms with E-state index in [1.807, 2.05) is 13.8 Å². The standard InChI is InChI=1S/C11H14F2/c1-4-9-5-6-10(7-8(9)2)11(3,12)13/h5-7H,4H2,1-3H3. The molecule has 0 bridgehead atoms. The fourth-order valence-electron chi connectivity index (χ4n) is 1.37. The predicted octanol–water partition coefficient (Wildman–Crippen LogP) is 3.67. The van der Waals surface area contributed by atoms with Crippen molar-refractivity contribution < 1.29 is 8.78 Å². The summed E-state index contributed by atoms with van der Waals surface area (Å²) in [6.07, 6.45) is 0.890. The van der Waals surface area contributed by atoms with E-state index < -0.39 is 5.92 Å². The lowest BCUT2D eigenvalue weighted by Gasteiger charge is -2.12. The Morgan fingerprint density at radius 3 is 2.31 bits per heavy atom. The van der Waals surface area contributed by atoms with Crippen LogP contribution in [0.5, 0.6) is 0 Å². The van der Waals surface area contributed by atoms with Crippen LogP contribution in [-0.2, 0) is 12.3 Å². The molecule has 1 rings (SSSR count). The minimum absolute atomic E-state index is 0.0993. The number of aryl methyl sites for hydroxylation is 2. The molecule has 0 amide bonds. The van der Waals surface area contributed by atoms with E-state index in [2.05, 4.69) is 0 Å². The lowest BCUT2D eigenvalue weighted by Crippen LogP contribution is -2.07. The molecule has 0 aliphatic rings. The number of hydrogen-bond donors (Lipinski definition) is 0. The van der Waals surface area contributed by atoms with Crippen LogP contribution in [-0.4, -0.2) is 0 Å². The van der Waals surface area contributed by atoms with Crippen molar-refractivity contribution in [3.8, 4) is 0 Å². The van der Waals surface area contributed by atoms with Crippen molar-refractivity contribution in [2.75, 3.05) is 0 Å². The Morgan fingerprint density at radius 1 is 1.31 bits per heavy atom. The summed E-state index contributed by atoms with van der Waals surface area (Å²) in [6, 6.07) is 4.85. The number of rotatable bonds is 2. The summed E-state index contributed by atoms with van der Waals surface area (Å²) >= 11 is 0. The largest absolute Gasteiger partial charge is 0.270 e. The topological polar surface area (TPSA) is 0 Å². The SMILES string of the molecule is CCc1ccc(C(C)(F)F)cc1C. The third kappa shape index (κ3) is 2.27. The average molecular weight is 184 g/mol. The lowest BCUT2D eigenvalue weighted by molar-refractivity contribution is 0.0174. The second-order valence-corrected chi connectivity index (χ2v) is 3.38. The van der Waals surface area contributed by atoms with E-state index in [1.54, 1.807) is 12.1 Å². The first-order valence-corrected chi connectivity index (χ1v) is 4.43. The van der Waals surface area contributed by atoms with Crippen molar-refractivity contribution in [1.82, 2.24) is 0 Å². The van der Waals surface area contributed by atoms with E-state index in [0.29, 0.717) is 0 Å². The van der Waals surface area contributed by atoms with Crippen LogP contribution in [0.25, 0.3) is 0 Å². The molecule has 0 unspecified atom stereocenters. The van der Waals surface area contributed by atoms with Gasteiger partial charge in [-0.25, -0.2) is 8.78 Å². The van der Waals surface area contributed by atoms with E-state index in [0.717, 1.165) is 24.5 Å². The fraction of sp³-hybridized carbons (Fsp3) is 0.455. The summed E-state index contributed by atoms with van der Waals surface area (Å²) < 4.78 is 25.7. The molecule has 0 N–H and O–H groups in total. The zero-order chi connectivity index (χ0) is 10.1. The molecule has 0 atom stereocenters. The number of hydrogen-bond acceptors (Lipinski definition) is 0. The molecule has 0 aliphatic carbocycles. The van der Waals surface area contributed by atoms with Crippen LogP contribution in [0.3, 0.4) is 0 Å². The molecule has 13 heavy (non-hydrogen) atoms. The zero-order valence-electron chi connectivity index (χ0n) is 8.20. The Kier molecular flexibility index (Phi) is 2.69. The van der Waals surface area contributed by atoms with E-state index >= 15 is 0 Å². The van der Waals surface area contributed by atoms with Crippen LogP contribution >= 0.6 is 0 Å². The summed E-state index contributed by atoms with van der Waals surface area (Å²) in [6.45, 7) is 4.81. The Balaban J connectivity index is 3.10. The maximum absolute atomic E-state index is 12.9. The van der Waals surface area contributed by atoms with Gasteiger partial charge in [-0.15, -0.1) is 0 Å². The lowest BCUT2D eigenvalue weighted by atomic mass is 10.0. The van der Waals surface area contributed by atoms with Gasteiger partial charge in [0, 0.05) is 12.5 Å². The molecule has 1 aromatic rings. The van der Waals surface area contributed by atoms with Crippen molar-refractivity contribution in [1.29, 1.82) is 0 Å². The fourth-order valence-corrected chi connectivity index (χ4v) is 1.37. The van der Waals surface area contributed by atoms with Gasteiger partial charge < -0.3 is 0 Å². The molecule has 0 aliphatic heterocycles. The highest BCUT2D eigenvalue weighted by molar-refractivity contribution is 5.32. The van der Waals surface area contributed by atoms with Crippen LogP contribution in [0.1, 0.15) is 30.5 Å². The highest BCUT2D eigenvalue weighted by Crippen LogP contribution is 2.28. The molecule has 1 aromatic carbocycles. The summed E-state index contributed by atoms with van der Waals surface area (Å²) in [5, 5.41) is 0. The van der Waals surface area contributed by atoms with Crippen molar-refractivity contribution in [3.05, 3.63) is 34.9 Å². The minimum atomic E-state index is -2.73. The summed E-state index contributed by atoms with van der Waals surface area (Å²) in [4.78, 5) is 0. The maximum Gasteiger partial charge on any atom is 0.270 e. The second-order valence-electron chi connectivity index (χ2n) is 3.38. The molecule has 0 radical (unpaired) electrons. The normalized spacial score (nSPS) is 11.8. The number of halogens is 2. The van der Waals surface area contributed by atoms with Gasteiger partial charge in [-0.1, -0.05) is 19.1 Å². The first kappa shape index (κ1) is 10.2. The Bertz CT molecular complexity index is 297. The Morgan fingerprint density at radius 2 is 1.92 bits per heavy atom. The molecule has 0 spiro atoms. The van der Waals surface area contributed by atoms with E-state index in [9.17, 15) is 8.78 Å². The van der Waals surface area contributed by atoms with Gasteiger partial charge in [0.1, 0.15) is 0 Å². The van der Waals surface area contributed by atoms with Crippen molar-refractivity contribution in [2.24, 2.45) is 0 Å². The number of alkyl halides is 2. The second kappa shape index (κ2) is 3.44. The predicted molar refractivity (Wildman–Crippen MR) is 50.1 cm³/mol. The highest BCUT2D eigenvalue weighted by Gasteiger charge is 2.24. The van der Waals surface area contributed by atoms with Gasteiger partial charge in [0.2, 0.25) is 0 Å². The highest BCUT2D eigenvalue weighted by atomic mass is 19.3. The molecule has 0 fully saturated rings. The van der Waals surface area contributed by atoms with Crippen LogP contribution < -0.4 is 0 Å². The van der Waals surface area contributed by atoms with E-state index in [4.69, 9.17) is 0 Å². The van der Waals surface area contributed by atoms with Crippen LogP contribution in [0.15, 0.2) is 18.2 Å². The van der Waals surface area contributed by atoms with Crippen LogP contribution in [0.4, 0.5) is 8.78 Å². The minimum Gasteiger partial charge on any atom is -0.202 e. The molecule has 0 saturated carbocycles. The van der Waals surface area contributed by atoms with Crippen LogP contribution in [0.2, 0.25) is 0 Å². The molecule has 0 aromatic heterocycles. The van der Waals surface area contributed by atoms with Gasteiger partial charge >= 0.3 is 0 Å². The average Bonchev–Trinajstić information content (AvgIpc) is 2.02. The van der Waals surface area contributed by atoms with E-state index in [-0.39, 0.29) is 5.56 Å². The van der Waals surface area contributed by atoms with Gasteiger partial charge in [0.25, 0.3) is 5.92 Å². The molecule has 2 heteroatoms. The van der Waals surface area contributed by atoms with Gasteiger partial charge in [0.05, 0.1) is 0 Å². The molecular formula is C11H14F2. The van der Waals surface area contributed by atoms with Crippen LogP contribution in [0, 0.1) is 6.92 Å². The van der Waals surface area contributed by atoms with Crippen molar-refractivity contribution in [3.63, 3.8) is 0 Å². The summed E-state index contributed by atoms with van der Waals surface area (Å²) in [5.41, 5.74) is 2.18. The van der Waals surface area contributed by atoms with Gasteiger partial charge in [-0.05, 0) is 30.5 Å². The molecular weight excluding hydrogens is 170 g/mol. The smallest absolute Gasteiger partial charge is 0.202 e. The Labute approximate surface area is 77.6 Å². The van der Waals surface area contributed by atoms with Gasteiger partial charge in [-0.2, -0.15) is 0 Å². The van der Waals surface area contributed by atoms with Crippen molar-refractivity contribution >= 4 is 0 Å². The zero-order valence-corrected chi connectivity index (χ0v) is 8.20. The molecule has 0 heterocycles. The first-order chi connectivity index (χ1) is 5.95. The third-order valence-electron chi connectivity index (χ3n) is 2.23. The molecule has 0 nitrogen and oxygen atoms in total. The third-order valence-corrected chi connectivity index (χ3v) is 2.23.